The van der Waals surface area contributed by atoms with Gasteiger partial charge in [0.25, 0.3) is 11.8 Å². The van der Waals surface area contributed by atoms with Crippen LogP contribution in [0.1, 0.15) is 44.2 Å². The van der Waals surface area contributed by atoms with Crippen LogP contribution in [0.4, 0.5) is 0 Å². The summed E-state index contributed by atoms with van der Waals surface area (Å²) >= 11 is 0. The number of unbranched alkanes of at least 4 members (excludes halogenated alkanes) is 1. The first kappa shape index (κ1) is 24.5. The second-order valence-corrected chi connectivity index (χ2v) is 8.10. The van der Waals surface area contributed by atoms with E-state index in [1.165, 1.54) is 4.90 Å². The van der Waals surface area contributed by atoms with Gasteiger partial charge in [0.15, 0.2) is 0 Å². The van der Waals surface area contributed by atoms with E-state index >= 15 is 0 Å². The Morgan fingerprint density at radius 3 is 2.24 bits per heavy atom. The molecule has 1 aliphatic heterocycles. The number of carbonyl (C=O) groups excluding carboxylic acids is 2. The Hall–Kier alpha value is -3.12. The van der Waals surface area contributed by atoms with Crippen molar-refractivity contribution < 1.29 is 19.1 Å². The van der Waals surface area contributed by atoms with Crippen LogP contribution in [0.5, 0.6) is 5.75 Å². The molecule has 2 amide bonds. The molecule has 2 aromatic carbocycles. The monoisotopic (exact) mass is 450 g/mol. The van der Waals surface area contributed by atoms with Crippen LogP contribution < -0.4 is 4.74 Å². The van der Waals surface area contributed by atoms with Crippen molar-refractivity contribution in [2.45, 2.75) is 39.7 Å². The summed E-state index contributed by atoms with van der Waals surface area (Å²) in [5, 5.41) is 0. The molecule has 0 aliphatic carbocycles. The highest BCUT2D eigenvalue weighted by atomic mass is 16.5. The molecule has 0 saturated carbocycles. The molecule has 1 aliphatic rings. The Balaban J connectivity index is 1.83. The Morgan fingerprint density at radius 1 is 0.879 bits per heavy atom. The fourth-order valence-electron chi connectivity index (χ4n) is 3.87. The molecule has 0 aromatic heterocycles. The fourth-order valence-corrected chi connectivity index (χ4v) is 3.87. The maximum absolute atomic E-state index is 13.4. The number of hydrogen-bond donors (Lipinski definition) is 0. The second kappa shape index (κ2) is 12.2. The number of rotatable bonds is 13. The number of imide groups is 1. The Kier molecular flexibility index (Phi) is 9.07. The lowest BCUT2D eigenvalue weighted by atomic mass is 10.0. The predicted octanol–water partition coefficient (Wildman–Crippen LogP) is 4.50. The third-order valence-corrected chi connectivity index (χ3v) is 5.55. The van der Waals surface area contributed by atoms with Gasteiger partial charge in [-0.25, -0.2) is 0 Å². The first-order valence-electron chi connectivity index (χ1n) is 11.7. The van der Waals surface area contributed by atoms with E-state index in [0.717, 1.165) is 24.2 Å². The first-order chi connectivity index (χ1) is 16.1. The van der Waals surface area contributed by atoms with Gasteiger partial charge in [-0.2, -0.15) is 0 Å². The summed E-state index contributed by atoms with van der Waals surface area (Å²) in [6, 6.07) is 17.3. The highest BCUT2D eigenvalue weighted by Crippen LogP contribution is 2.32. The molecule has 3 rings (SSSR count). The van der Waals surface area contributed by atoms with E-state index < -0.39 is 0 Å². The van der Waals surface area contributed by atoms with Crippen LogP contribution >= 0.6 is 0 Å². The molecule has 176 valence electrons. The third-order valence-electron chi connectivity index (χ3n) is 5.55. The predicted molar refractivity (Wildman–Crippen MR) is 130 cm³/mol. The molecule has 6 heteroatoms. The van der Waals surface area contributed by atoms with Crippen molar-refractivity contribution in [1.29, 1.82) is 0 Å². The van der Waals surface area contributed by atoms with Crippen molar-refractivity contribution in [3.63, 3.8) is 0 Å². The zero-order valence-corrected chi connectivity index (χ0v) is 19.9. The van der Waals surface area contributed by atoms with Gasteiger partial charge in [-0.05, 0) is 43.0 Å². The Morgan fingerprint density at radius 2 is 1.58 bits per heavy atom. The zero-order valence-electron chi connectivity index (χ0n) is 19.9. The fraction of sp³-hybridized carbons (Fsp3) is 0.407. The van der Waals surface area contributed by atoms with Crippen LogP contribution in [0.15, 0.2) is 60.3 Å². The molecule has 6 nitrogen and oxygen atoms in total. The van der Waals surface area contributed by atoms with Gasteiger partial charge < -0.3 is 14.4 Å². The molecule has 0 bridgehead atoms. The minimum atomic E-state index is -0.257. The van der Waals surface area contributed by atoms with Gasteiger partial charge in [-0.1, -0.05) is 55.8 Å². The molecule has 2 aromatic rings. The van der Waals surface area contributed by atoms with Crippen LogP contribution in [0, 0.1) is 0 Å². The number of ether oxygens (including phenoxy) is 2. The average molecular weight is 451 g/mol. The molecule has 0 N–H and O–H groups in total. The molecule has 1 heterocycles. The summed E-state index contributed by atoms with van der Waals surface area (Å²) in [5.41, 5.74) is 2.66. The number of benzene rings is 2. The van der Waals surface area contributed by atoms with Gasteiger partial charge in [0.05, 0.1) is 12.2 Å². The molecule has 0 unspecified atom stereocenters. The van der Waals surface area contributed by atoms with E-state index in [4.69, 9.17) is 9.47 Å². The first-order valence-corrected chi connectivity index (χ1v) is 11.7. The lowest BCUT2D eigenvalue weighted by molar-refractivity contribution is -0.137. The summed E-state index contributed by atoms with van der Waals surface area (Å²) in [4.78, 5) is 30.0. The normalized spacial score (nSPS) is 13.7. The van der Waals surface area contributed by atoms with Crippen molar-refractivity contribution in [3.05, 3.63) is 71.4 Å². The second-order valence-electron chi connectivity index (χ2n) is 8.10. The topological polar surface area (TPSA) is 59.1 Å². The van der Waals surface area contributed by atoms with Crippen molar-refractivity contribution in [2.24, 2.45) is 0 Å². The minimum absolute atomic E-state index is 0.254. The van der Waals surface area contributed by atoms with Crippen molar-refractivity contribution in [2.75, 3.05) is 33.4 Å². The summed E-state index contributed by atoms with van der Waals surface area (Å²) < 4.78 is 11.2. The van der Waals surface area contributed by atoms with Crippen molar-refractivity contribution in [1.82, 2.24) is 9.80 Å². The maximum atomic E-state index is 13.4. The van der Waals surface area contributed by atoms with Crippen LogP contribution in [0.25, 0.3) is 5.57 Å². The van der Waals surface area contributed by atoms with E-state index in [-0.39, 0.29) is 11.8 Å². The van der Waals surface area contributed by atoms with E-state index in [2.05, 4.69) is 6.92 Å². The number of carbonyl (C=O) groups is 2. The number of likely N-dealkylation sites (N-methyl/N-ethyl adjacent to an activating group) is 1. The molecule has 0 saturated heterocycles. The summed E-state index contributed by atoms with van der Waals surface area (Å²) in [6.07, 6.45) is 2.71. The average Bonchev–Trinajstić information content (AvgIpc) is 3.07. The summed E-state index contributed by atoms with van der Waals surface area (Å²) in [7, 11) is 1.86. The van der Waals surface area contributed by atoms with E-state index in [9.17, 15) is 9.59 Å². The third kappa shape index (κ3) is 6.23. The van der Waals surface area contributed by atoms with E-state index in [0.29, 0.717) is 56.2 Å². The molecular formula is C27H34N2O4. The maximum Gasteiger partial charge on any atom is 0.277 e. The van der Waals surface area contributed by atoms with Crippen molar-refractivity contribution >= 4 is 17.4 Å². The van der Waals surface area contributed by atoms with E-state index in [1.807, 2.05) is 73.5 Å². The zero-order chi connectivity index (χ0) is 23.6. The van der Waals surface area contributed by atoms with Crippen LogP contribution in [-0.4, -0.2) is 55.0 Å². The van der Waals surface area contributed by atoms with Crippen molar-refractivity contribution in [3.8, 4) is 5.75 Å². The largest absolute Gasteiger partial charge is 0.494 e. The van der Waals surface area contributed by atoms with Crippen LogP contribution in [0.3, 0.4) is 0 Å². The molecular weight excluding hydrogens is 416 g/mol. The summed E-state index contributed by atoms with van der Waals surface area (Å²) in [5.74, 6) is 0.224. The molecule has 0 radical (unpaired) electrons. The Bertz CT molecular complexity index is 954. The SMILES string of the molecule is CCCCOCCCN1C(=O)C(c2ccc(OCC)cc2)=C(N(C)Cc2ccccc2)C1=O. The quantitative estimate of drug-likeness (QED) is 0.332. The standard InChI is InChI=1S/C27H34N2O4/c1-4-6-18-32-19-10-17-29-26(30)24(22-13-15-23(16-14-22)33-5-2)25(27(29)31)28(3)20-21-11-8-7-9-12-21/h7-9,11-16H,4-6,10,17-20H2,1-3H3. The molecule has 0 fully saturated rings. The van der Waals surface area contributed by atoms with Gasteiger partial charge >= 0.3 is 0 Å². The van der Waals surface area contributed by atoms with Crippen LogP contribution in [-0.2, 0) is 20.9 Å². The lowest BCUT2D eigenvalue weighted by Gasteiger charge is -2.21. The minimum Gasteiger partial charge on any atom is -0.494 e. The summed E-state index contributed by atoms with van der Waals surface area (Å²) in [6.45, 7) is 6.72. The smallest absolute Gasteiger partial charge is 0.277 e. The lowest BCUT2D eigenvalue weighted by Crippen LogP contribution is -2.35. The van der Waals surface area contributed by atoms with E-state index in [1.54, 1.807) is 0 Å². The number of nitrogens with zero attached hydrogens (tertiary/aromatic N) is 2. The molecule has 0 spiro atoms. The van der Waals surface area contributed by atoms with Gasteiger partial charge in [0.2, 0.25) is 0 Å². The van der Waals surface area contributed by atoms with Gasteiger partial charge in [-0.15, -0.1) is 0 Å². The molecule has 0 atom stereocenters. The number of amides is 2. The highest BCUT2D eigenvalue weighted by molar-refractivity contribution is 6.35. The number of hydrogen-bond acceptors (Lipinski definition) is 5. The van der Waals surface area contributed by atoms with Crippen LogP contribution in [0.2, 0.25) is 0 Å². The van der Waals surface area contributed by atoms with Gasteiger partial charge in [-0.3, -0.25) is 14.5 Å². The van der Waals surface area contributed by atoms with Gasteiger partial charge in [0.1, 0.15) is 11.4 Å². The highest BCUT2D eigenvalue weighted by Gasteiger charge is 2.40. The Labute approximate surface area is 196 Å². The molecule has 33 heavy (non-hydrogen) atoms. The van der Waals surface area contributed by atoms with Gasteiger partial charge in [0, 0.05) is 33.4 Å².